The SMILES string of the molecule is NC(=O)c1cccc(N2CCCCC2C(=O)O)n1. The quantitative estimate of drug-likeness (QED) is 0.818. The van der Waals surface area contributed by atoms with Crippen molar-refractivity contribution in [3.63, 3.8) is 0 Å². The Morgan fingerprint density at radius 2 is 2.17 bits per heavy atom. The molecular formula is C12H15N3O3. The normalized spacial score (nSPS) is 19.6. The first-order chi connectivity index (χ1) is 8.59. The van der Waals surface area contributed by atoms with Crippen LogP contribution >= 0.6 is 0 Å². The van der Waals surface area contributed by atoms with Gasteiger partial charge in [-0.2, -0.15) is 0 Å². The lowest BCUT2D eigenvalue weighted by Gasteiger charge is -2.33. The van der Waals surface area contributed by atoms with E-state index in [1.807, 2.05) is 0 Å². The van der Waals surface area contributed by atoms with E-state index in [0.29, 0.717) is 18.8 Å². The van der Waals surface area contributed by atoms with Crippen molar-refractivity contribution in [2.45, 2.75) is 25.3 Å². The second kappa shape index (κ2) is 5.03. The van der Waals surface area contributed by atoms with Crippen LogP contribution in [-0.2, 0) is 4.79 Å². The molecule has 6 nitrogen and oxygen atoms in total. The number of pyridine rings is 1. The first kappa shape index (κ1) is 12.3. The number of aliphatic carboxylic acids is 1. The van der Waals surface area contributed by atoms with Crippen LogP contribution in [0.5, 0.6) is 0 Å². The summed E-state index contributed by atoms with van der Waals surface area (Å²) in [5, 5.41) is 9.19. The highest BCUT2D eigenvalue weighted by atomic mass is 16.4. The topological polar surface area (TPSA) is 96.5 Å². The van der Waals surface area contributed by atoms with Gasteiger partial charge in [-0.05, 0) is 31.4 Å². The number of carboxylic acid groups (broad SMARTS) is 1. The zero-order chi connectivity index (χ0) is 13.1. The second-order valence-corrected chi connectivity index (χ2v) is 4.29. The summed E-state index contributed by atoms with van der Waals surface area (Å²) in [5.41, 5.74) is 5.33. The number of primary amides is 1. The maximum absolute atomic E-state index is 11.2. The number of rotatable bonds is 3. The van der Waals surface area contributed by atoms with Crippen molar-refractivity contribution in [1.82, 2.24) is 4.98 Å². The van der Waals surface area contributed by atoms with Gasteiger partial charge in [-0.1, -0.05) is 6.07 Å². The number of amides is 1. The first-order valence-electron chi connectivity index (χ1n) is 5.86. The van der Waals surface area contributed by atoms with E-state index in [2.05, 4.69) is 4.98 Å². The molecule has 18 heavy (non-hydrogen) atoms. The summed E-state index contributed by atoms with van der Waals surface area (Å²) < 4.78 is 0. The molecular weight excluding hydrogens is 234 g/mol. The van der Waals surface area contributed by atoms with E-state index in [1.54, 1.807) is 17.0 Å². The van der Waals surface area contributed by atoms with Gasteiger partial charge >= 0.3 is 5.97 Å². The van der Waals surface area contributed by atoms with Crippen molar-refractivity contribution in [2.75, 3.05) is 11.4 Å². The Hall–Kier alpha value is -2.11. The minimum atomic E-state index is -0.860. The Balaban J connectivity index is 2.30. The Morgan fingerprint density at radius 3 is 2.83 bits per heavy atom. The fraction of sp³-hybridized carbons (Fsp3) is 0.417. The highest BCUT2D eigenvalue weighted by Crippen LogP contribution is 2.23. The van der Waals surface area contributed by atoms with E-state index in [-0.39, 0.29) is 5.69 Å². The van der Waals surface area contributed by atoms with Crippen molar-refractivity contribution in [3.8, 4) is 0 Å². The Kier molecular flexibility index (Phi) is 3.45. The van der Waals surface area contributed by atoms with Gasteiger partial charge in [-0.25, -0.2) is 9.78 Å². The number of anilines is 1. The average Bonchev–Trinajstić information content (AvgIpc) is 2.39. The van der Waals surface area contributed by atoms with Gasteiger partial charge in [-0.3, -0.25) is 4.79 Å². The standard InChI is InChI=1S/C12H15N3O3/c13-11(16)8-4-3-6-10(14-8)15-7-2-1-5-9(15)12(17)18/h3-4,6,9H,1-2,5,7H2,(H2,13,16)(H,17,18). The fourth-order valence-electron chi connectivity index (χ4n) is 2.18. The predicted molar refractivity (Wildman–Crippen MR) is 65.4 cm³/mol. The summed E-state index contributed by atoms with van der Waals surface area (Å²) in [6.45, 7) is 0.631. The van der Waals surface area contributed by atoms with Crippen molar-refractivity contribution in [2.24, 2.45) is 5.73 Å². The van der Waals surface area contributed by atoms with Crippen molar-refractivity contribution in [3.05, 3.63) is 23.9 Å². The fourth-order valence-corrected chi connectivity index (χ4v) is 2.18. The van der Waals surface area contributed by atoms with Gasteiger partial charge in [-0.15, -0.1) is 0 Å². The lowest BCUT2D eigenvalue weighted by Crippen LogP contribution is -2.45. The molecule has 1 aromatic heterocycles. The van der Waals surface area contributed by atoms with Crippen molar-refractivity contribution < 1.29 is 14.7 Å². The largest absolute Gasteiger partial charge is 0.480 e. The smallest absolute Gasteiger partial charge is 0.326 e. The van der Waals surface area contributed by atoms with Crippen molar-refractivity contribution in [1.29, 1.82) is 0 Å². The molecule has 1 aliphatic rings. The zero-order valence-corrected chi connectivity index (χ0v) is 9.87. The minimum absolute atomic E-state index is 0.155. The van der Waals surface area contributed by atoms with Gasteiger partial charge in [0.2, 0.25) is 0 Å². The third kappa shape index (κ3) is 2.42. The molecule has 2 heterocycles. The third-order valence-corrected chi connectivity index (χ3v) is 3.07. The summed E-state index contributed by atoms with van der Waals surface area (Å²) >= 11 is 0. The highest BCUT2D eigenvalue weighted by molar-refractivity contribution is 5.91. The lowest BCUT2D eigenvalue weighted by molar-refractivity contribution is -0.139. The maximum atomic E-state index is 11.2. The molecule has 0 saturated carbocycles. The number of nitrogens with two attached hydrogens (primary N) is 1. The number of carbonyl (C=O) groups is 2. The Morgan fingerprint density at radius 1 is 1.39 bits per heavy atom. The molecule has 2 rings (SSSR count). The van der Waals surface area contributed by atoms with E-state index in [0.717, 1.165) is 12.8 Å². The number of carbonyl (C=O) groups excluding carboxylic acids is 1. The molecule has 1 saturated heterocycles. The summed E-state index contributed by atoms with van der Waals surface area (Å²) in [5.74, 6) is -0.972. The number of hydrogen-bond donors (Lipinski definition) is 2. The number of aromatic nitrogens is 1. The Labute approximate surface area is 104 Å². The van der Waals surface area contributed by atoms with E-state index < -0.39 is 17.9 Å². The van der Waals surface area contributed by atoms with Crippen molar-refractivity contribution >= 4 is 17.7 Å². The summed E-state index contributed by atoms with van der Waals surface area (Å²) in [6.07, 6.45) is 2.41. The first-order valence-corrected chi connectivity index (χ1v) is 5.86. The summed E-state index contributed by atoms with van der Waals surface area (Å²) in [4.78, 5) is 28.1. The van der Waals surface area contributed by atoms with Gasteiger partial charge in [0, 0.05) is 6.54 Å². The molecule has 0 aromatic carbocycles. The van der Waals surface area contributed by atoms with Gasteiger partial charge in [0.1, 0.15) is 17.6 Å². The number of hydrogen-bond acceptors (Lipinski definition) is 4. The molecule has 0 spiro atoms. The molecule has 1 aromatic rings. The van der Waals surface area contributed by atoms with Crippen LogP contribution < -0.4 is 10.6 Å². The number of carboxylic acids is 1. The molecule has 1 fully saturated rings. The van der Waals surface area contributed by atoms with Gasteiger partial charge < -0.3 is 15.7 Å². The molecule has 1 amide bonds. The molecule has 0 aliphatic carbocycles. The molecule has 0 radical (unpaired) electrons. The van der Waals surface area contributed by atoms with Crippen LogP contribution in [-0.4, -0.2) is 34.6 Å². The molecule has 96 valence electrons. The van der Waals surface area contributed by atoms with E-state index >= 15 is 0 Å². The molecule has 1 aliphatic heterocycles. The average molecular weight is 249 g/mol. The zero-order valence-electron chi connectivity index (χ0n) is 9.87. The Bertz CT molecular complexity index is 475. The van der Waals surface area contributed by atoms with E-state index in [4.69, 9.17) is 5.73 Å². The molecule has 1 unspecified atom stereocenters. The van der Waals surface area contributed by atoms with Gasteiger partial charge in [0.15, 0.2) is 0 Å². The lowest BCUT2D eigenvalue weighted by atomic mass is 10.0. The van der Waals surface area contributed by atoms with Crippen LogP contribution in [0.1, 0.15) is 29.8 Å². The van der Waals surface area contributed by atoms with Crippen LogP contribution in [0.2, 0.25) is 0 Å². The highest BCUT2D eigenvalue weighted by Gasteiger charge is 2.29. The summed E-state index contributed by atoms with van der Waals surface area (Å²) in [7, 11) is 0. The predicted octanol–water partition coefficient (Wildman–Crippen LogP) is 0.624. The van der Waals surface area contributed by atoms with E-state index in [9.17, 15) is 14.7 Å². The van der Waals surface area contributed by atoms with Crippen LogP contribution in [0.25, 0.3) is 0 Å². The second-order valence-electron chi connectivity index (χ2n) is 4.29. The van der Waals surface area contributed by atoms with Crippen LogP contribution in [0, 0.1) is 0 Å². The molecule has 3 N–H and O–H groups in total. The molecule has 6 heteroatoms. The molecule has 1 atom stereocenters. The van der Waals surface area contributed by atoms with Gasteiger partial charge in [0.25, 0.3) is 5.91 Å². The minimum Gasteiger partial charge on any atom is -0.480 e. The van der Waals surface area contributed by atoms with Crippen LogP contribution in [0.4, 0.5) is 5.82 Å². The maximum Gasteiger partial charge on any atom is 0.326 e. The number of nitrogens with zero attached hydrogens (tertiary/aromatic N) is 2. The van der Waals surface area contributed by atoms with E-state index in [1.165, 1.54) is 6.07 Å². The van der Waals surface area contributed by atoms with Crippen LogP contribution in [0.3, 0.4) is 0 Å². The summed E-state index contributed by atoms with van der Waals surface area (Å²) in [6, 6.07) is 4.31. The number of piperidine rings is 1. The molecule has 0 bridgehead atoms. The monoisotopic (exact) mass is 249 g/mol. The van der Waals surface area contributed by atoms with Gasteiger partial charge in [0.05, 0.1) is 0 Å². The van der Waals surface area contributed by atoms with Crippen LogP contribution in [0.15, 0.2) is 18.2 Å². The third-order valence-electron chi connectivity index (χ3n) is 3.07.